The topological polar surface area (TPSA) is 21.3 Å². The van der Waals surface area contributed by atoms with Crippen molar-refractivity contribution in [1.29, 1.82) is 0 Å². The minimum atomic E-state index is 0.161. The molecular weight excluding hydrogens is 186 g/mol. The zero-order valence-corrected chi connectivity index (χ0v) is 9.59. The number of rotatable bonds is 3. The summed E-state index contributed by atoms with van der Waals surface area (Å²) in [7, 11) is 0. The molecular formula is C13H21NO. The molecule has 2 unspecified atom stereocenters. The van der Waals surface area contributed by atoms with Crippen LogP contribution in [0.5, 0.6) is 0 Å². The molecule has 2 atom stereocenters. The fraction of sp³-hybridized carbons (Fsp3) is 0.846. The average molecular weight is 207 g/mol. The second kappa shape index (κ2) is 4.55. The quantitative estimate of drug-likeness (QED) is 0.715. The van der Waals surface area contributed by atoms with Crippen LogP contribution in [0.2, 0.25) is 0 Å². The van der Waals surface area contributed by atoms with Gasteiger partial charge in [0.15, 0.2) is 0 Å². The van der Waals surface area contributed by atoms with Crippen LogP contribution in [0, 0.1) is 12.3 Å². The normalized spacial score (nSPS) is 30.5. The van der Waals surface area contributed by atoms with Gasteiger partial charge in [-0.1, -0.05) is 18.8 Å². The zero-order valence-electron chi connectivity index (χ0n) is 9.59. The van der Waals surface area contributed by atoms with Crippen LogP contribution in [0.25, 0.3) is 0 Å². The first-order valence-corrected chi connectivity index (χ1v) is 6.11. The Bertz CT molecular complexity index is 250. The lowest BCUT2D eigenvalue weighted by atomic mass is 9.98. The van der Waals surface area contributed by atoms with Crippen molar-refractivity contribution in [2.24, 2.45) is 0 Å². The van der Waals surface area contributed by atoms with Crippen molar-refractivity contribution in [2.75, 3.05) is 6.54 Å². The van der Waals surface area contributed by atoms with Crippen molar-refractivity contribution < 1.29 is 4.74 Å². The minimum absolute atomic E-state index is 0.161. The fourth-order valence-corrected chi connectivity index (χ4v) is 2.79. The van der Waals surface area contributed by atoms with Crippen molar-refractivity contribution in [3.8, 4) is 12.3 Å². The zero-order chi connectivity index (χ0) is 10.7. The maximum atomic E-state index is 6.17. The molecule has 1 heterocycles. The van der Waals surface area contributed by atoms with Gasteiger partial charge in [-0.15, -0.1) is 6.42 Å². The molecule has 1 saturated carbocycles. The van der Waals surface area contributed by atoms with E-state index in [4.69, 9.17) is 11.2 Å². The molecule has 2 aliphatic rings. The number of ether oxygens (including phenoxy) is 1. The Hall–Kier alpha value is -0.520. The summed E-state index contributed by atoms with van der Waals surface area (Å²) in [5.41, 5.74) is 0.256. The van der Waals surface area contributed by atoms with E-state index in [9.17, 15) is 0 Å². The molecule has 84 valence electrons. The molecule has 1 spiro atoms. The van der Waals surface area contributed by atoms with Crippen LogP contribution >= 0.6 is 0 Å². The molecule has 2 nitrogen and oxygen atoms in total. The first-order chi connectivity index (χ1) is 7.24. The van der Waals surface area contributed by atoms with Crippen LogP contribution in [0.15, 0.2) is 0 Å². The van der Waals surface area contributed by atoms with Gasteiger partial charge in [0.05, 0.1) is 17.7 Å². The molecule has 1 saturated heterocycles. The van der Waals surface area contributed by atoms with Gasteiger partial charge in [-0.25, -0.2) is 0 Å². The van der Waals surface area contributed by atoms with Gasteiger partial charge in [0.2, 0.25) is 0 Å². The predicted molar refractivity (Wildman–Crippen MR) is 61.6 cm³/mol. The molecule has 1 aliphatic heterocycles. The van der Waals surface area contributed by atoms with Gasteiger partial charge in [0.1, 0.15) is 0 Å². The number of terminal acetylenes is 1. The molecule has 0 aromatic heterocycles. The van der Waals surface area contributed by atoms with Crippen LogP contribution in [-0.2, 0) is 4.74 Å². The fourth-order valence-electron chi connectivity index (χ4n) is 2.79. The monoisotopic (exact) mass is 207 g/mol. The summed E-state index contributed by atoms with van der Waals surface area (Å²) in [6, 6.07) is 0.161. The molecule has 0 bridgehead atoms. The van der Waals surface area contributed by atoms with Crippen molar-refractivity contribution in [1.82, 2.24) is 5.32 Å². The standard InChI is InChI=1S/C13H21NO/c1-3-11(2)14-10-12-6-9-13(15-12)7-4-5-8-13/h1,11-12,14H,4-10H2,2H3. The van der Waals surface area contributed by atoms with Crippen LogP contribution in [0.3, 0.4) is 0 Å². The Kier molecular flexibility index (Phi) is 3.33. The maximum absolute atomic E-state index is 6.17. The maximum Gasteiger partial charge on any atom is 0.0708 e. The molecule has 1 aliphatic carbocycles. The molecule has 0 radical (unpaired) electrons. The van der Waals surface area contributed by atoms with E-state index in [1.54, 1.807) is 0 Å². The molecule has 2 fully saturated rings. The summed E-state index contributed by atoms with van der Waals surface area (Å²) in [5, 5.41) is 3.32. The first-order valence-electron chi connectivity index (χ1n) is 6.11. The van der Waals surface area contributed by atoms with Crippen LogP contribution in [-0.4, -0.2) is 24.3 Å². The third kappa shape index (κ3) is 2.53. The third-order valence-electron chi connectivity index (χ3n) is 3.76. The van der Waals surface area contributed by atoms with Crippen molar-refractivity contribution in [3.63, 3.8) is 0 Å². The Labute approximate surface area is 92.8 Å². The van der Waals surface area contributed by atoms with Gasteiger partial charge in [0.25, 0.3) is 0 Å². The molecule has 0 aromatic carbocycles. The number of hydrogen-bond donors (Lipinski definition) is 1. The van der Waals surface area contributed by atoms with E-state index in [1.165, 1.54) is 38.5 Å². The Morgan fingerprint density at radius 1 is 1.47 bits per heavy atom. The van der Waals surface area contributed by atoms with Gasteiger partial charge in [-0.2, -0.15) is 0 Å². The molecule has 2 heteroatoms. The van der Waals surface area contributed by atoms with E-state index in [0.717, 1.165) is 6.54 Å². The van der Waals surface area contributed by atoms with Crippen molar-refractivity contribution in [3.05, 3.63) is 0 Å². The van der Waals surface area contributed by atoms with E-state index in [0.29, 0.717) is 6.10 Å². The van der Waals surface area contributed by atoms with Gasteiger partial charge >= 0.3 is 0 Å². The van der Waals surface area contributed by atoms with E-state index < -0.39 is 0 Å². The summed E-state index contributed by atoms with van der Waals surface area (Å²) in [6.45, 7) is 2.92. The van der Waals surface area contributed by atoms with E-state index >= 15 is 0 Å². The number of nitrogens with one attached hydrogen (secondary N) is 1. The van der Waals surface area contributed by atoms with Gasteiger partial charge in [-0.05, 0) is 32.6 Å². The highest BCUT2D eigenvalue weighted by atomic mass is 16.5. The summed E-state index contributed by atoms with van der Waals surface area (Å²) in [5.74, 6) is 2.68. The summed E-state index contributed by atoms with van der Waals surface area (Å²) in [4.78, 5) is 0. The third-order valence-corrected chi connectivity index (χ3v) is 3.76. The predicted octanol–water partition coefficient (Wildman–Crippen LogP) is 2.09. The lowest BCUT2D eigenvalue weighted by Crippen LogP contribution is -2.34. The van der Waals surface area contributed by atoms with Crippen molar-refractivity contribution >= 4 is 0 Å². The highest BCUT2D eigenvalue weighted by Gasteiger charge is 2.41. The highest BCUT2D eigenvalue weighted by molar-refractivity contribution is 4.97. The lowest BCUT2D eigenvalue weighted by Gasteiger charge is -2.24. The van der Waals surface area contributed by atoms with E-state index in [-0.39, 0.29) is 11.6 Å². The molecule has 0 aromatic rings. The highest BCUT2D eigenvalue weighted by Crippen LogP contribution is 2.43. The lowest BCUT2D eigenvalue weighted by molar-refractivity contribution is -0.0353. The molecule has 2 rings (SSSR count). The Morgan fingerprint density at radius 2 is 2.20 bits per heavy atom. The van der Waals surface area contributed by atoms with Gasteiger partial charge < -0.3 is 10.1 Å². The summed E-state index contributed by atoms with van der Waals surface area (Å²) < 4.78 is 6.17. The van der Waals surface area contributed by atoms with Crippen LogP contribution in [0.1, 0.15) is 45.4 Å². The van der Waals surface area contributed by atoms with Crippen molar-refractivity contribution in [2.45, 2.75) is 63.2 Å². The minimum Gasteiger partial charge on any atom is -0.370 e. The Morgan fingerprint density at radius 3 is 2.87 bits per heavy atom. The molecule has 0 amide bonds. The SMILES string of the molecule is C#CC(C)NCC1CCC2(CCCC2)O1. The second-order valence-corrected chi connectivity index (χ2v) is 4.97. The second-order valence-electron chi connectivity index (χ2n) is 4.97. The first kappa shape index (κ1) is 11.0. The van der Waals surface area contributed by atoms with E-state index in [1.807, 2.05) is 6.92 Å². The molecule has 1 N–H and O–H groups in total. The number of hydrogen-bond acceptors (Lipinski definition) is 2. The smallest absolute Gasteiger partial charge is 0.0708 e. The van der Waals surface area contributed by atoms with E-state index in [2.05, 4.69) is 11.2 Å². The average Bonchev–Trinajstić information content (AvgIpc) is 2.86. The molecule has 15 heavy (non-hydrogen) atoms. The van der Waals surface area contributed by atoms with Gasteiger partial charge in [-0.3, -0.25) is 0 Å². The van der Waals surface area contributed by atoms with Gasteiger partial charge in [0, 0.05) is 6.54 Å². The summed E-state index contributed by atoms with van der Waals surface area (Å²) >= 11 is 0. The van der Waals surface area contributed by atoms with Crippen LogP contribution < -0.4 is 5.32 Å². The summed E-state index contributed by atoms with van der Waals surface area (Å²) in [6.07, 6.45) is 13.4. The van der Waals surface area contributed by atoms with Crippen LogP contribution in [0.4, 0.5) is 0 Å². The Balaban J connectivity index is 1.76. The largest absolute Gasteiger partial charge is 0.370 e.